The van der Waals surface area contributed by atoms with E-state index in [-0.39, 0.29) is 0 Å². The van der Waals surface area contributed by atoms with Crippen LogP contribution in [0.15, 0.2) is 12.7 Å². The van der Waals surface area contributed by atoms with Gasteiger partial charge in [-0.1, -0.05) is 19.3 Å². The fraction of sp³-hybridized carbons (Fsp3) is 0.800. The van der Waals surface area contributed by atoms with Crippen LogP contribution in [0.4, 0.5) is 0 Å². The molecule has 0 bridgehead atoms. The molecule has 2 aliphatic rings. The van der Waals surface area contributed by atoms with Gasteiger partial charge in [-0.2, -0.15) is 5.10 Å². The van der Waals surface area contributed by atoms with E-state index in [1.807, 2.05) is 15.9 Å². The predicted octanol–water partition coefficient (Wildman–Crippen LogP) is 2.10. The molecule has 3 rings (SSSR count). The molecule has 0 spiro atoms. The van der Waals surface area contributed by atoms with E-state index < -0.39 is 0 Å². The fourth-order valence-electron chi connectivity index (χ4n) is 4.12. The van der Waals surface area contributed by atoms with Gasteiger partial charge in [0, 0.05) is 19.6 Å². The quantitative estimate of drug-likeness (QED) is 0.791. The van der Waals surface area contributed by atoms with Crippen LogP contribution in [0.5, 0.6) is 0 Å². The molecule has 0 atom stereocenters. The topological polar surface area (TPSA) is 51.0 Å². The molecule has 1 aromatic heterocycles. The van der Waals surface area contributed by atoms with E-state index >= 15 is 0 Å². The summed E-state index contributed by atoms with van der Waals surface area (Å²) in [4.78, 5) is 17.0. The first-order valence-electron chi connectivity index (χ1n) is 7.84. The Morgan fingerprint density at radius 2 is 1.95 bits per heavy atom. The van der Waals surface area contributed by atoms with Crippen LogP contribution in [0.1, 0.15) is 44.9 Å². The zero-order valence-corrected chi connectivity index (χ0v) is 12.1. The van der Waals surface area contributed by atoms with E-state index in [9.17, 15) is 4.79 Å². The van der Waals surface area contributed by atoms with Gasteiger partial charge in [0.05, 0.1) is 0 Å². The predicted molar refractivity (Wildman–Crippen MR) is 75.9 cm³/mol. The molecule has 1 saturated heterocycles. The van der Waals surface area contributed by atoms with Gasteiger partial charge in [0.1, 0.15) is 12.7 Å². The lowest BCUT2D eigenvalue weighted by Crippen LogP contribution is -2.46. The molecular formula is C15H24N4O. The highest BCUT2D eigenvalue weighted by atomic mass is 16.1. The van der Waals surface area contributed by atoms with Crippen LogP contribution < -0.4 is 0 Å². The number of hydrogen-bond donors (Lipinski definition) is 0. The van der Waals surface area contributed by atoms with Gasteiger partial charge >= 0.3 is 0 Å². The van der Waals surface area contributed by atoms with E-state index in [1.165, 1.54) is 32.1 Å². The van der Waals surface area contributed by atoms with E-state index in [0.29, 0.717) is 5.41 Å². The SMILES string of the molecule is O=CN1CCC(Cn2cncn2)(C2CCCCC2)CC1. The van der Waals surface area contributed by atoms with E-state index in [4.69, 9.17) is 0 Å². The molecule has 2 heterocycles. The third kappa shape index (κ3) is 2.72. The van der Waals surface area contributed by atoms with Gasteiger partial charge < -0.3 is 4.90 Å². The maximum Gasteiger partial charge on any atom is 0.209 e. The molecule has 20 heavy (non-hydrogen) atoms. The number of piperidine rings is 1. The summed E-state index contributed by atoms with van der Waals surface area (Å²) in [6.07, 6.45) is 13.5. The molecule has 1 saturated carbocycles. The second kappa shape index (κ2) is 5.94. The Hall–Kier alpha value is -1.39. The number of carbonyl (C=O) groups excluding carboxylic acids is 1. The van der Waals surface area contributed by atoms with Gasteiger partial charge in [-0.25, -0.2) is 4.98 Å². The first kappa shape index (κ1) is 13.6. The second-order valence-electron chi connectivity index (χ2n) is 6.43. The fourth-order valence-corrected chi connectivity index (χ4v) is 4.12. The number of aromatic nitrogens is 3. The molecule has 1 aromatic rings. The van der Waals surface area contributed by atoms with Gasteiger partial charge in [0.15, 0.2) is 0 Å². The lowest BCUT2D eigenvalue weighted by Gasteiger charge is -2.47. The summed E-state index contributed by atoms with van der Waals surface area (Å²) in [6, 6.07) is 0. The Morgan fingerprint density at radius 1 is 1.20 bits per heavy atom. The lowest BCUT2D eigenvalue weighted by atomic mass is 9.64. The number of rotatable bonds is 4. The molecular weight excluding hydrogens is 252 g/mol. The average molecular weight is 276 g/mol. The molecule has 0 unspecified atom stereocenters. The zero-order chi connectivity index (χ0) is 13.8. The highest BCUT2D eigenvalue weighted by molar-refractivity contribution is 5.47. The maximum absolute atomic E-state index is 11.0. The minimum absolute atomic E-state index is 0.313. The summed E-state index contributed by atoms with van der Waals surface area (Å²) in [7, 11) is 0. The molecule has 5 heteroatoms. The van der Waals surface area contributed by atoms with Crippen LogP contribution in [0.3, 0.4) is 0 Å². The van der Waals surface area contributed by atoms with Crippen molar-refractivity contribution in [1.82, 2.24) is 19.7 Å². The number of nitrogens with zero attached hydrogens (tertiary/aromatic N) is 4. The molecule has 2 fully saturated rings. The Bertz CT molecular complexity index is 417. The summed E-state index contributed by atoms with van der Waals surface area (Å²) >= 11 is 0. The molecule has 0 radical (unpaired) electrons. The largest absolute Gasteiger partial charge is 0.345 e. The van der Waals surface area contributed by atoms with Crippen molar-refractivity contribution in [1.29, 1.82) is 0 Å². The van der Waals surface area contributed by atoms with Crippen molar-refractivity contribution in [3.8, 4) is 0 Å². The Kier molecular flexibility index (Phi) is 4.03. The van der Waals surface area contributed by atoms with Crippen LogP contribution in [0.25, 0.3) is 0 Å². The summed E-state index contributed by atoms with van der Waals surface area (Å²) in [5.74, 6) is 0.786. The molecule has 0 N–H and O–H groups in total. The smallest absolute Gasteiger partial charge is 0.209 e. The summed E-state index contributed by atoms with van der Waals surface area (Å²) < 4.78 is 1.99. The standard InChI is InChI=1S/C15H24N4O/c20-13-18-8-6-15(7-9-18,10-19-12-16-11-17-19)14-4-2-1-3-5-14/h11-14H,1-10H2. The van der Waals surface area contributed by atoms with Gasteiger partial charge in [-0.15, -0.1) is 0 Å². The van der Waals surface area contributed by atoms with Gasteiger partial charge in [0.2, 0.25) is 6.41 Å². The van der Waals surface area contributed by atoms with Crippen molar-refractivity contribution in [2.45, 2.75) is 51.5 Å². The first-order chi connectivity index (χ1) is 9.82. The number of likely N-dealkylation sites (tertiary alicyclic amines) is 1. The van der Waals surface area contributed by atoms with Crippen molar-refractivity contribution < 1.29 is 4.79 Å². The molecule has 1 aliphatic carbocycles. The third-order valence-corrected chi connectivity index (χ3v) is 5.36. The van der Waals surface area contributed by atoms with Gasteiger partial charge in [-0.3, -0.25) is 9.48 Å². The van der Waals surface area contributed by atoms with Crippen LogP contribution in [0.2, 0.25) is 0 Å². The monoisotopic (exact) mass is 276 g/mol. The summed E-state index contributed by atoms with van der Waals surface area (Å²) in [5.41, 5.74) is 0.313. The average Bonchev–Trinajstić information content (AvgIpc) is 3.02. The molecule has 1 amide bonds. The summed E-state index contributed by atoms with van der Waals surface area (Å²) in [5, 5.41) is 4.31. The normalized spacial score (nSPS) is 23.7. The van der Waals surface area contributed by atoms with E-state index in [1.54, 1.807) is 6.33 Å². The lowest BCUT2D eigenvalue weighted by molar-refractivity contribution is -0.121. The highest BCUT2D eigenvalue weighted by Gasteiger charge is 2.42. The van der Waals surface area contributed by atoms with Crippen LogP contribution >= 0.6 is 0 Å². The zero-order valence-electron chi connectivity index (χ0n) is 12.1. The molecule has 5 nitrogen and oxygen atoms in total. The van der Waals surface area contributed by atoms with Crippen molar-refractivity contribution >= 4 is 6.41 Å². The van der Waals surface area contributed by atoms with E-state index in [2.05, 4.69) is 10.1 Å². The van der Waals surface area contributed by atoms with Crippen LogP contribution in [0, 0.1) is 11.3 Å². The minimum Gasteiger partial charge on any atom is -0.345 e. The van der Waals surface area contributed by atoms with Crippen LogP contribution in [-0.4, -0.2) is 39.2 Å². The van der Waals surface area contributed by atoms with Crippen molar-refractivity contribution in [2.24, 2.45) is 11.3 Å². The number of hydrogen-bond acceptors (Lipinski definition) is 3. The number of amides is 1. The Balaban J connectivity index is 1.77. The highest BCUT2D eigenvalue weighted by Crippen LogP contribution is 2.46. The van der Waals surface area contributed by atoms with Crippen molar-refractivity contribution in [3.63, 3.8) is 0 Å². The van der Waals surface area contributed by atoms with Crippen molar-refractivity contribution in [3.05, 3.63) is 12.7 Å². The molecule has 1 aliphatic heterocycles. The van der Waals surface area contributed by atoms with Crippen molar-refractivity contribution in [2.75, 3.05) is 13.1 Å². The Morgan fingerprint density at radius 3 is 2.55 bits per heavy atom. The third-order valence-electron chi connectivity index (χ3n) is 5.36. The number of carbonyl (C=O) groups is 1. The van der Waals surface area contributed by atoms with Crippen LogP contribution in [-0.2, 0) is 11.3 Å². The molecule has 0 aromatic carbocycles. The first-order valence-corrected chi connectivity index (χ1v) is 7.84. The second-order valence-corrected chi connectivity index (χ2v) is 6.43. The van der Waals surface area contributed by atoms with E-state index in [0.717, 1.165) is 44.8 Å². The van der Waals surface area contributed by atoms with Gasteiger partial charge in [0.25, 0.3) is 0 Å². The van der Waals surface area contributed by atoms with Gasteiger partial charge in [-0.05, 0) is 37.0 Å². The summed E-state index contributed by atoms with van der Waals surface area (Å²) in [6.45, 7) is 2.76. The molecule has 110 valence electrons. The maximum atomic E-state index is 11.0. The Labute approximate surface area is 120 Å². The minimum atomic E-state index is 0.313.